The van der Waals surface area contributed by atoms with Gasteiger partial charge in [-0.15, -0.1) is 0 Å². The summed E-state index contributed by atoms with van der Waals surface area (Å²) in [6.07, 6.45) is -4.62. The molecule has 150 valence electrons. The molecular formula is C18H12F3N3O5. The van der Waals surface area contributed by atoms with Crippen LogP contribution in [-0.4, -0.2) is 33.6 Å². The molecular weight excluding hydrogens is 395 g/mol. The number of fused-ring (bicyclic) bond motifs is 1. The fourth-order valence-corrected chi connectivity index (χ4v) is 2.93. The highest BCUT2D eigenvalue weighted by molar-refractivity contribution is 6.24. The fraction of sp³-hybridized carbons (Fsp3) is 0.167. The molecule has 0 saturated heterocycles. The minimum Gasteiger partial charge on any atom is -0.324 e. The summed E-state index contributed by atoms with van der Waals surface area (Å²) in [7, 11) is 0. The number of alkyl halides is 3. The molecule has 1 N–H and O–H groups in total. The van der Waals surface area contributed by atoms with Gasteiger partial charge >= 0.3 is 6.18 Å². The first-order valence-corrected chi connectivity index (χ1v) is 8.15. The van der Waals surface area contributed by atoms with Crippen LogP contribution >= 0.6 is 0 Å². The zero-order valence-corrected chi connectivity index (χ0v) is 14.7. The number of hydrogen-bond acceptors (Lipinski definition) is 5. The number of anilines is 1. The predicted octanol–water partition coefficient (Wildman–Crippen LogP) is 3.24. The Bertz CT molecular complexity index is 1050. The number of nitro benzene ring substituents is 1. The van der Waals surface area contributed by atoms with E-state index in [0.29, 0.717) is 11.0 Å². The van der Waals surface area contributed by atoms with E-state index in [1.165, 1.54) is 25.1 Å². The third-order valence-electron chi connectivity index (χ3n) is 4.35. The van der Waals surface area contributed by atoms with Crippen molar-refractivity contribution < 1.29 is 32.5 Å². The van der Waals surface area contributed by atoms with E-state index >= 15 is 0 Å². The van der Waals surface area contributed by atoms with E-state index in [2.05, 4.69) is 5.32 Å². The molecule has 0 fully saturated rings. The van der Waals surface area contributed by atoms with Crippen molar-refractivity contribution >= 4 is 29.1 Å². The number of nitrogens with zero attached hydrogens (tertiary/aromatic N) is 2. The quantitative estimate of drug-likeness (QED) is 0.475. The average molecular weight is 407 g/mol. The Morgan fingerprint density at radius 3 is 2.41 bits per heavy atom. The van der Waals surface area contributed by atoms with E-state index < -0.39 is 51.7 Å². The maximum Gasteiger partial charge on any atom is 0.416 e. The molecule has 29 heavy (non-hydrogen) atoms. The topological polar surface area (TPSA) is 110 Å². The third kappa shape index (κ3) is 3.53. The lowest BCUT2D eigenvalue weighted by molar-refractivity contribution is -0.385. The van der Waals surface area contributed by atoms with Crippen LogP contribution in [0.5, 0.6) is 0 Å². The van der Waals surface area contributed by atoms with Gasteiger partial charge in [0.25, 0.3) is 17.5 Å². The summed E-state index contributed by atoms with van der Waals surface area (Å²) in [5.41, 5.74) is -2.39. The molecule has 0 bridgehead atoms. The van der Waals surface area contributed by atoms with Gasteiger partial charge in [-0.2, -0.15) is 13.2 Å². The van der Waals surface area contributed by atoms with Gasteiger partial charge in [0.1, 0.15) is 11.6 Å². The van der Waals surface area contributed by atoms with E-state index in [1.54, 1.807) is 0 Å². The average Bonchev–Trinajstić information content (AvgIpc) is 2.91. The van der Waals surface area contributed by atoms with Gasteiger partial charge in [-0.25, -0.2) is 0 Å². The zero-order valence-electron chi connectivity index (χ0n) is 14.7. The number of imide groups is 1. The molecule has 8 nitrogen and oxygen atoms in total. The summed E-state index contributed by atoms with van der Waals surface area (Å²) in [5, 5.41) is 13.3. The normalized spacial score (nSPS) is 14.6. The number of amides is 3. The van der Waals surface area contributed by atoms with Gasteiger partial charge in [-0.05, 0) is 31.2 Å². The summed E-state index contributed by atoms with van der Waals surface area (Å²) < 4.78 is 38.4. The molecule has 0 aromatic heterocycles. The van der Waals surface area contributed by atoms with Crippen LogP contribution in [-0.2, 0) is 11.0 Å². The second kappa shape index (κ2) is 7.00. The van der Waals surface area contributed by atoms with Gasteiger partial charge in [-0.3, -0.25) is 29.4 Å². The Hall–Kier alpha value is -3.76. The highest BCUT2D eigenvalue weighted by atomic mass is 19.4. The predicted molar refractivity (Wildman–Crippen MR) is 93.1 cm³/mol. The third-order valence-corrected chi connectivity index (χ3v) is 4.35. The Kier molecular flexibility index (Phi) is 4.83. The highest BCUT2D eigenvalue weighted by Crippen LogP contribution is 2.33. The van der Waals surface area contributed by atoms with Crippen molar-refractivity contribution in [2.24, 2.45) is 0 Å². The standard InChI is InChI=1S/C18H12F3N3O5/c1-9(15(25)22-11-5-2-4-10(8-11)18(19,20)21)23-16(26)12-6-3-7-13(24(28)29)14(12)17(23)27/h2-9H,1H3,(H,22,25)/t9-/m0/s1. The Labute approximate surface area is 161 Å². The summed E-state index contributed by atoms with van der Waals surface area (Å²) in [6.45, 7) is 1.19. The summed E-state index contributed by atoms with van der Waals surface area (Å²) in [4.78, 5) is 48.4. The molecule has 1 aliphatic rings. The van der Waals surface area contributed by atoms with Crippen LogP contribution < -0.4 is 5.32 Å². The molecule has 11 heteroatoms. The van der Waals surface area contributed by atoms with E-state index in [0.717, 1.165) is 18.2 Å². The molecule has 3 rings (SSSR count). The van der Waals surface area contributed by atoms with Crippen molar-refractivity contribution in [2.45, 2.75) is 19.1 Å². The number of carbonyl (C=O) groups excluding carboxylic acids is 3. The van der Waals surface area contributed by atoms with Gasteiger partial charge in [-0.1, -0.05) is 12.1 Å². The van der Waals surface area contributed by atoms with Crippen LogP contribution in [0, 0.1) is 10.1 Å². The number of rotatable bonds is 4. The number of benzene rings is 2. The van der Waals surface area contributed by atoms with Gasteiger partial charge in [0, 0.05) is 11.8 Å². The van der Waals surface area contributed by atoms with Crippen LogP contribution in [0.2, 0.25) is 0 Å². The lowest BCUT2D eigenvalue weighted by Gasteiger charge is -2.21. The molecule has 1 atom stereocenters. The van der Waals surface area contributed by atoms with E-state index in [4.69, 9.17) is 0 Å². The van der Waals surface area contributed by atoms with E-state index in [-0.39, 0.29) is 11.3 Å². The fourth-order valence-electron chi connectivity index (χ4n) is 2.93. The second-order valence-corrected chi connectivity index (χ2v) is 6.18. The number of hydrogen-bond donors (Lipinski definition) is 1. The highest BCUT2D eigenvalue weighted by Gasteiger charge is 2.44. The van der Waals surface area contributed by atoms with Crippen LogP contribution in [0.3, 0.4) is 0 Å². The Balaban J connectivity index is 1.86. The summed E-state index contributed by atoms with van der Waals surface area (Å²) >= 11 is 0. The lowest BCUT2D eigenvalue weighted by Crippen LogP contribution is -2.45. The summed E-state index contributed by atoms with van der Waals surface area (Å²) in [6, 6.07) is 5.93. The number of nitro groups is 1. The van der Waals surface area contributed by atoms with Crippen molar-refractivity contribution in [3.63, 3.8) is 0 Å². The molecule has 0 saturated carbocycles. The maximum absolute atomic E-state index is 12.8. The van der Waals surface area contributed by atoms with Crippen molar-refractivity contribution in [3.8, 4) is 0 Å². The minimum atomic E-state index is -4.62. The van der Waals surface area contributed by atoms with Crippen molar-refractivity contribution in [3.05, 3.63) is 69.3 Å². The Morgan fingerprint density at radius 1 is 1.14 bits per heavy atom. The van der Waals surface area contributed by atoms with Gasteiger partial charge < -0.3 is 5.32 Å². The van der Waals surface area contributed by atoms with Crippen molar-refractivity contribution in [2.75, 3.05) is 5.32 Å². The minimum absolute atomic E-state index is 0.181. The lowest BCUT2D eigenvalue weighted by atomic mass is 10.1. The monoisotopic (exact) mass is 407 g/mol. The first-order chi connectivity index (χ1) is 13.5. The van der Waals surface area contributed by atoms with Gasteiger partial charge in [0.05, 0.1) is 16.1 Å². The molecule has 0 aliphatic carbocycles. The smallest absolute Gasteiger partial charge is 0.324 e. The first-order valence-electron chi connectivity index (χ1n) is 8.15. The molecule has 0 spiro atoms. The van der Waals surface area contributed by atoms with Gasteiger partial charge in [0.2, 0.25) is 5.91 Å². The van der Waals surface area contributed by atoms with Crippen LogP contribution in [0.1, 0.15) is 33.2 Å². The molecule has 1 heterocycles. The first kappa shape index (κ1) is 20.0. The van der Waals surface area contributed by atoms with Crippen molar-refractivity contribution in [1.29, 1.82) is 0 Å². The molecule has 3 amide bonds. The Morgan fingerprint density at radius 2 is 1.79 bits per heavy atom. The van der Waals surface area contributed by atoms with Crippen molar-refractivity contribution in [1.82, 2.24) is 4.90 Å². The van der Waals surface area contributed by atoms with Crippen LogP contribution in [0.15, 0.2) is 42.5 Å². The largest absolute Gasteiger partial charge is 0.416 e. The molecule has 0 unspecified atom stereocenters. The molecule has 1 aliphatic heterocycles. The SMILES string of the molecule is C[C@@H](C(=O)Nc1cccc(C(F)(F)F)c1)N1C(=O)c2cccc([N+](=O)[O-])c2C1=O. The van der Waals surface area contributed by atoms with E-state index in [9.17, 15) is 37.7 Å². The maximum atomic E-state index is 12.8. The van der Waals surface area contributed by atoms with Crippen LogP contribution in [0.25, 0.3) is 0 Å². The molecule has 0 radical (unpaired) electrons. The second-order valence-electron chi connectivity index (χ2n) is 6.18. The number of halogens is 3. The molecule has 2 aromatic carbocycles. The molecule has 2 aromatic rings. The van der Waals surface area contributed by atoms with Gasteiger partial charge in [0.15, 0.2) is 0 Å². The number of carbonyl (C=O) groups is 3. The van der Waals surface area contributed by atoms with Crippen LogP contribution in [0.4, 0.5) is 24.5 Å². The zero-order chi connectivity index (χ0) is 21.5. The number of nitrogens with one attached hydrogen (secondary N) is 1. The van der Waals surface area contributed by atoms with E-state index in [1.807, 2.05) is 0 Å². The summed E-state index contributed by atoms with van der Waals surface area (Å²) in [5.74, 6) is -2.86.